The van der Waals surface area contributed by atoms with Crippen molar-refractivity contribution in [2.75, 3.05) is 0 Å². The van der Waals surface area contributed by atoms with Gasteiger partial charge in [0.25, 0.3) is 0 Å². The molecule has 4 heteroatoms. The summed E-state index contributed by atoms with van der Waals surface area (Å²) in [6.45, 7) is 4.63. The second-order valence-corrected chi connectivity index (χ2v) is 5.18. The largest absolute Gasteiger partial charge is 0.487 e. The number of nitrogens with two attached hydrogens (primary N) is 1. The molecule has 1 unspecified atom stereocenters. The smallest absolute Gasteiger partial charge is 0.130 e. The summed E-state index contributed by atoms with van der Waals surface area (Å²) in [7, 11) is 1.95. The molecule has 0 aliphatic rings. The van der Waals surface area contributed by atoms with Gasteiger partial charge in [-0.05, 0) is 37.5 Å². The van der Waals surface area contributed by atoms with Crippen LogP contribution in [0.25, 0.3) is 0 Å². The molecular formula is C16H23N3O. The first kappa shape index (κ1) is 14.6. The molecule has 0 aliphatic heterocycles. The summed E-state index contributed by atoms with van der Waals surface area (Å²) in [4.78, 5) is 0. The molecule has 1 atom stereocenters. The molecule has 1 aromatic heterocycles. The second kappa shape index (κ2) is 6.57. The van der Waals surface area contributed by atoms with Crippen LogP contribution in [-0.2, 0) is 26.5 Å². The van der Waals surface area contributed by atoms with Crippen LogP contribution in [0, 0.1) is 0 Å². The first-order chi connectivity index (χ1) is 9.60. The lowest BCUT2D eigenvalue weighted by molar-refractivity contribution is 0.291. The fourth-order valence-corrected chi connectivity index (χ4v) is 2.19. The molecule has 1 heterocycles. The average Bonchev–Trinajstić information content (AvgIpc) is 2.78. The Morgan fingerprint density at radius 1 is 1.35 bits per heavy atom. The van der Waals surface area contributed by atoms with E-state index in [0.29, 0.717) is 6.61 Å². The third-order valence-corrected chi connectivity index (χ3v) is 3.28. The van der Waals surface area contributed by atoms with Gasteiger partial charge in [-0.1, -0.05) is 25.1 Å². The Balaban J connectivity index is 2.08. The number of hydrogen-bond donors (Lipinski definition) is 1. The van der Waals surface area contributed by atoms with Gasteiger partial charge in [-0.25, -0.2) is 0 Å². The van der Waals surface area contributed by atoms with E-state index in [2.05, 4.69) is 24.2 Å². The molecule has 0 amide bonds. The molecule has 0 fully saturated rings. The topological polar surface area (TPSA) is 53.1 Å². The summed E-state index contributed by atoms with van der Waals surface area (Å²) in [6, 6.07) is 10.3. The average molecular weight is 273 g/mol. The van der Waals surface area contributed by atoms with Crippen molar-refractivity contribution < 1.29 is 4.74 Å². The van der Waals surface area contributed by atoms with Gasteiger partial charge in [0.15, 0.2) is 0 Å². The third-order valence-electron chi connectivity index (χ3n) is 3.28. The van der Waals surface area contributed by atoms with Gasteiger partial charge in [-0.2, -0.15) is 5.10 Å². The van der Waals surface area contributed by atoms with Crippen molar-refractivity contribution >= 4 is 0 Å². The number of rotatable bonds is 6. The van der Waals surface area contributed by atoms with Crippen molar-refractivity contribution in [3.8, 4) is 5.75 Å². The van der Waals surface area contributed by atoms with Crippen LogP contribution < -0.4 is 10.5 Å². The van der Waals surface area contributed by atoms with Crippen molar-refractivity contribution in [1.82, 2.24) is 9.78 Å². The summed E-state index contributed by atoms with van der Waals surface area (Å²) in [5.74, 6) is 0.907. The molecule has 2 rings (SSSR count). The van der Waals surface area contributed by atoms with E-state index in [-0.39, 0.29) is 6.04 Å². The zero-order chi connectivity index (χ0) is 14.5. The standard InChI is InChI=1S/C16H23N3O/c1-4-14-10-15(19(3)18-14)11-20-16-8-6-5-7-13(16)9-12(2)17/h5-8,10,12H,4,9,11,17H2,1-3H3. The summed E-state index contributed by atoms with van der Waals surface area (Å²) in [5, 5.41) is 4.43. The maximum absolute atomic E-state index is 5.95. The Hall–Kier alpha value is -1.81. The van der Waals surface area contributed by atoms with Gasteiger partial charge in [0, 0.05) is 13.1 Å². The van der Waals surface area contributed by atoms with Crippen molar-refractivity contribution in [2.45, 2.75) is 39.3 Å². The molecule has 20 heavy (non-hydrogen) atoms. The highest BCUT2D eigenvalue weighted by molar-refractivity contribution is 5.34. The second-order valence-electron chi connectivity index (χ2n) is 5.18. The predicted octanol–water partition coefficient (Wildman–Crippen LogP) is 2.45. The summed E-state index contributed by atoms with van der Waals surface area (Å²) in [6.07, 6.45) is 1.76. The van der Waals surface area contributed by atoms with Crippen molar-refractivity contribution in [1.29, 1.82) is 0 Å². The summed E-state index contributed by atoms with van der Waals surface area (Å²) >= 11 is 0. The van der Waals surface area contributed by atoms with Crippen LogP contribution in [0.1, 0.15) is 30.8 Å². The van der Waals surface area contributed by atoms with E-state index in [1.54, 1.807) is 0 Å². The molecule has 1 aromatic carbocycles. The van der Waals surface area contributed by atoms with Crippen LogP contribution >= 0.6 is 0 Å². The normalized spacial score (nSPS) is 12.4. The SMILES string of the molecule is CCc1cc(COc2ccccc2CC(C)N)n(C)n1. The molecule has 2 aromatic rings. The van der Waals surface area contributed by atoms with Crippen LogP contribution in [0.5, 0.6) is 5.75 Å². The van der Waals surface area contributed by atoms with Gasteiger partial charge in [-0.15, -0.1) is 0 Å². The molecule has 0 saturated carbocycles. The van der Waals surface area contributed by atoms with Crippen molar-refractivity contribution in [3.05, 3.63) is 47.3 Å². The van der Waals surface area contributed by atoms with E-state index in [1.165, 1.54) is 0 Å². The molecular weight excluding hydrogens is 250 g/mol. The monoisotopic (exact) mass is 273 g/mol. The molecule has 4 nitrogen and oxygen atoms in total. The van der Waals surface area contributed by atoms with Gasteiger partial charge in [-0.3, -0.25) is 4.68 Å². The number of ether oxygens (including phenoxy) is 1. The zero-order valence-corrected chi connectivity index (χ0v) is 12.5. The lowest BCUT2D eigenvalue weighted by Gasteiger charge is -2.13. The Kier molecular flexibility index (Phi) is 4.79. The summed E-state index contributed by atoms with van der Waals surface area (Å²) in [5.41, 5.74) is 9.20. The van der Waals surface area contributed by atoms with Gasteiger partial charge in [0.2, 0.25) is 0 Å². The molecule has 0 spiro atoms. The van der Waals surface area contributed by atoms with Crippen LogP contribution in [0.2, 0.25) is 0 Å². The number of benzene rings is 1. The highest BCUT2D eigenvalue weighted by atomic mass is 16.5. The molecule has 0 aliphatic carbocycles. The number of aryl methyl sites for hydroxylation is 2. The molecule has 108 valence electrons. The molecule has 2 N–H and O–H groups in total. The van der Waals surface area contributed by atoms with Gasteiger partial charge >= 0.3 is 0 Å². The quantitative estimate of drug-likeness (QED) is 0.879. The summed E-state index contributed by atoms with van der Waals surface area (Å²) < 4.78 is 7.83. The number of aromatic nitrogens is 2. The minimum absolute atomic E-state index is 0.128. The Morgan fingerprint density at radius 2 is 2.10 bits per heavy atom. The fraction of sp³-hybridized carbons (Fsp3) is 0.438. The lowest BCUT2D eigenvalue weighted by atomic mass is 10.1. The molecule has 0 bridgehead atoms. The Bertz CT molecular complexity index is 561. The third kappa shape index (κ3) is 3.61. The fourth-order valence-electron chi connectivity index (χ4n) is 2.19. The van der Waals surface area contributed by atoms with Gasteiger partial charge in [0.05, 0.1) is 11.4 Å². The van der Waals surface area contributed by atoms with E-state index in [0.717, 1.165) is 35.5 Å². The molecule has 0 saturated heterocycles. The lowest BCUT2D eigenvalue weighted by Crippen LogP contribution is -2.18. The van der Waals surface area contributed by atoms with Crippen LogP contribution in [0.15, 0.2) is 30.3 Å². The van der Waals surface area contributed by atoms with Crippen LogP contribution in [0.4, 0.5) is 0 Å². The van der Waals surface area contributed by atoms with E-state index in [9.17, 15) is 0 Å². The van der Waals surface area contributed by atoms with E-state index >= 15 is 0 Å². The zero-order valence-electron chi connectivity index (χ0n) is 12.5. The Labute approximate surface area is 120 Å². The minimum atomic E-state index is 0.128. The van der Waals surface area contributed by atoms with E-state index in [1.807, 2.05) is 36.9 Å². The number of hydrogen-bond acceptors (Lipinski definition) is 3. The van der Waals surface area contributed by atoms with E-state index < -0.39 is 0 Å². The number of para-hydroxylation sites is 1. The highest BCUT2D eigenvalue weighted by Gasteiger charge is 2.08. The maximum atomic E-state index is 5.95. The van der Waals surface area contributed by atoms with Crippen LogP contribution in [-0.4, -0.2) is 15.8 Å². The van der Waals surface area contributed by atoms with Crippen molar-refractivity contribution in [2.24, 2.45) is 12.8 Å². The highest BCUT2D eigenvalue weighted by Crippen LogP contribution is 2.20. The van der Waals surface area contributed by atoms with Crippen LogP contribution in [0.3, 0.4) is 0 Å². The maximum Gasteiger partial charge on any atom is 0.130 e. The first-order valence-electron chi connectivity index (χ1n) is 7.08. The Morgan fingerprint density at radius 3 is 2.75 bits per heavy atom. The van der Waals surface area contributed by atoms with Gasteiger partial charge < -0.3 is 10.5 Å². The molecule has 0 radical (unpaired) electrons. The predicted molar refractivity (Wildman–Crippen MR) is 80.7 cm³/mol. The number of nitrogens with zero attached hydrogens (tertiary/aromatic N) is 2. The van der Waals surface area contributed by atoms with Gasteiger partial charge in [0.1, 0.15) is 12.4 Å². The first-order valence-corrected chi connectivity index (χ1v) is 7.08. The minimum Gasteiger partial charge on any atom is -0.487 e. The van der Waals surface area contributed by atoms with Crippen molar-refractivity contribution in [3.63, 3.8) is 0 Å². The van der Waals surface area contributed by atoms with E-state index in [4.69, 9.17) is 10.5 Å².